The van der Waals surface area contributed by atoms with Crippen molar-refractivity contribution in [2.75, 3.05) is 19.9 Å². The Morgan fingerprint density at radius 2 is 1.75 bits per heavy atom. The highest BCUT2D eigenvalue weighted by atomic mass is 16.5. The average molecular weight is 393 g/mol. The van der Waals surface area contributed by atoms with E-state index in [1.54, 1.807) is 12.1 Å². The molecule has 0 aliphatic carbocycles. The maximum Gasteiger partial charge on any atom is 0.239 e. The van der Waals surface area contributed by atoms with Gasteiger partial charge in [0.2, 0.25) is 5.91 Å². The fourth-order valence-electron chi connectivity index (χ4n) is 3.07. The number of phenolic OH excluding ortho intramolecular Hbond substituents is 1. The van der Waals surface area contributed by atoms with Gasteiger partial charge in [-0.1, -0.05) is 67.0 Å². The summed E-state index contributed by atoms with van der Waals surface area (Å²) in [5, 5.41) is 15.9. The topological polar surface area (TPSA) is 70.6 Å². The first-order valence-corrected chi connectivity index (χ1v) is 10.4. The lowest BCUT2D eigenvalue weighted by Crippen LogP contribution is -2.54. The predicted octanol–water partition coefficient (Wildman–Crippen LogP) is 4.42. The van der Waals surface area contributed by atoms with Crippen molar-refractivity contribution in [3.8, 4) is 5.75 Å². The van der Waals surface area contributed by atoms with E-state index in [9.17, 15) is 9.90 Å². The van der Waals surface area contributed by atoms with Gasteiger partial charge in [0.15, 0.2) is 0 Å². The molecule has 0 aliphatic heterocycles. The van der Waals surface area contributed by atoms with Gasteiger partial charge in [0.25, 0.3) is 0 Å². The number of benzene rings is 1. The molecule has 3 N–H and O–H groups in total. The molecule has 0 saturated carbocycles. The normalized spacial score (nSPS) is 14.5. The third-order valence-corrected chi connectivity index (χ3v) is 5.45. The molecule has 0 fully saturated rings. The smallest absolute Gasteiger partial charge is 0.239 e. The Morgan fingerprint density at radius 1 is 1.14 bits per heavy atom. The molecule has 0 spiro atoms. The number of hydrogen-bond acceptors (Lipinski definition) is 4. The molecule has 1 amide bonds. The Morgan fingerprint density at radius 3 is 2.29 bits per heavy atom. The standard InChI is InChI=1S/C23H40N2O3/c1-8-9-14-28-16-25-21(27)20(22(3,4)5)24-15-23(6,7)17(2)18-10-12-19(26)13-11-18/h10-13,17,20,24,26H,8-9,14-16H2,1-7H3,(H,25,27). The number of amides is 1. The molecule has 0 bridgehead atoms. The minimum atomic E-state index is -0.312. The third kappa shape index (κ3) is 7.80. The Hall–Kier alpha value is -1.59. The maximum absolute atomic E-state index is 12.7. The number of carbonyl (C=O) groups is 1. The first kappa shape index (κ1) is 24.4. The van der Waals surface area contributed by atoms with E-state index in [0.29, 0.717) is 13.2 Å². The first-order valence-electron chi connectivity index (χ1n) is 10.4. The maximum atomic E-state index is 12.7. The lowest BCUT2D eigenvalue weighted by Gasteiger charge is -2.37. The Kier molecular flexibility index (Phi) is 9.45. The van der Waals surface area contributed by atoms with Crippen LogP contribution < -0.4 is 10.6 Å². The molecule has 5 nitrogen and oxygen atoms in total. The fraction of sp³-hybridized carbons (Fsp3) is 0.696. The Labute approximate surface area is 171 Å². The molecule has 0 saturated heterocycles. The van der Waals surface area contributed by atoms with Crippen LogP contribution in [0.2, 0.25) is 0 Å². The summed E-state index contributed by atoms with van der Waals surface area (Å²) >= 11 is 0. The summed E-state index contributed by atoms with van der Waals surface area (Å²) in [4.78, 5) is 12.7. The zero-order valence-electron chi connectivity index (χ0n) is 18.8. The largest absolute Gasteiger partial charge is 0.508 e. The van der Waals surface area contributed by atoms with E-state index in [1.165, 1.54) is 5.56 Å². The van der Waals surface area contributed by atoms with Crippen molar-refractivity contribution >= 4 is 5.91 Å². The van der Waals surface area contributed by atoms with Crippen LogP contribution in [0.25, 0.3) is 0 Å². The van der Waals surface area contributed by atoms with Gasteiger partial charge in [-0.25, -0.2) is 0 Å². The van der Waals surface area contributed by atoms with Crippen LogP contribution in [0.1, 0.15) is 72.8 Å². The van der Waals surface area contributed by atoms with Gasteiger partial charge in [0, 0.05) is 13.2 Å². The van der Waals surface area contributed by atoms with Gasteiger partial charge in [-0.2, -0.15) is 0 Å². The van der Waals surface area contributed by atoms with Crippen LogP contribution in [0.4, 0.5) is 0 Å². The summed E-state index contributed by atoms with van der Waals surface area (Å²) in [6, 6.07) is 7.05. The molecule has 1 rings (SSSR count). The highest BCUT2D eigenvalue weighted by molar-refractivity contribution is 5.82. The summed E-state index contributed by atoms with van der Waals surface area (Å²) < 4.78 is 5.48. The average Bonchev–Trinajstić information content (AvgIpc) is 2.60. The number of carbonyl (C=O) groups excluding carboxylic acids is 1. The van der Waals surface area contributed by atoms with Gasteiger partial charge in [-0.15, -0.1) is 0 Å². The molecule has 0 aliphatic rings. The molecule has 0 radical (unpaired) electrons. The number of unbranched alkanes of at least 4 members (excludes halogenated alkanes) is 1. The van der Waals surface area contributed by atoms with Crippen LogP contribution in [0.15, 0.2) is 24.3 Å². The minimum absolute atomic E-state index is 0.0305. The second-order valence-corrected chi connectivity index (χ2v) is 9.43. The molecular weight excluding hydrogens is 352 g/mol. The summed E-state index contributed by atoms with van der Waals surface area (Å²) in [5.74, 6) is 0.510. The minimum Gasteiger partial charge on any atom is -0.508 e. The van der Waals surface area contributed by atoms with Gasteiger partial charge in [0.1, 0.15) is 12.5 Å². The van der Waals surface area contributed by atoms with Crippen LogP contribution in [0, 0.1) is 10.8 Å². The summed E-state index contributed by atoms with van der Waals surface area (Å²) in [6.07, 6.45) is 2.08. The third-order valence-electron chi connectivity index (χ3n) is 5.45. The number of rotatable bonds is 11. The zero-order valence-corrected chi connectivity index (χ0v) is 18.8. The first-order chi connectivity index (χ1) is 13.0. The summed E-state index contributed by atoms with van der Waals surface area (Å²) in [6.45, 7) is 16.5. The van der Waals surface area contributed by atoms with Crippen molar-refractivity contribution in [2.45, 2.75) is 73.3 Å². The van der Waals surface area contributed by atoms with Gasteiger partial charge in [0.05, 0.1) is 6.04 Å². The number of aromatic hydroxyl groups is 1. The molecule has 1 aromatic carbocycles. The molecule has 2 atom stereocenters. The van der Waals surface area contributed by atoms with Gasteiger partial charge in [-0.05, 0) is 40.9 Å². The van der Waals surface area contributed by atoms with Crippen molar-refractivity contribution in [3.05, 3.63) is 29.8 Å². The number of phenols is 1. The Bertz CT molecular complexity index is 591. The molecule has 0 heterocycles. The number of ether oxygens (including phenoxy) is 1. The quantitative estimate of drug-likeness (QED) is 0.385. The molecule has 0 aromatic heterocycles. The second-order valence-electron chi connectivity index (χ2n) is 9.43. The second kappa shape index (κ2) is 10.8. The molecule has 1 aromatic rings. The van der Waals surface area contributed by atoms with Crippen molar-refractivity contribution in [1.29, 1.82) is 0 Å². The SMILES string of the molecule is CCCCOCNC(=O)C(NCC(C)(C)C(C)c1ccc(O)cc1)C(C)(C)C. The van der Waals surface area contributed by atoms with E-state index in [-0.39, 0.29) is 41.2 Å². The van der Waals surface area contributed by atoms with Gasteiger partial charge < -0.3 is 20.5 Å². The van der Waals surface area contributed by atoms with Crippen LogP contribution in [0.3, 0.4) is 0 Å². The van der Waals surface area contributed by atoms with Crippen LogP contribution in [-0.4, -0.2) is 36.9 Å². The van der Waals surface area contributed by atoms with E-state index in [4.69, 9.17) is 4.74 Å². The Balaban J connectivity index is 2.70. The molecule has 5 heteroatoms. The summed E-state index contributed by atoms with van der Waals surface area (Å²) in [7, 11) is 0. The lowest BCUT2D eigenvalue weighted by atomic mass is 9.75. The van der Waals surface area contributed by atoms with E-state index >= 15 is 0 Å². The number of nitrogens with one attached hydrogen (secondary N) is 2. The molecule has 2 unspecified atom stereocenters. The lowest BCUT2D eigenvalue weighted by molar-refractivity contribution is -0.127. The monoisotopic (exact) mass is 392 g/mol. The van der Waals surface area contributed by atoms with Crippen LogP contribution in [-0.2, 0) is 9.53 Å². The molecule has 160 valence electrons. The van der Waals surface area contributed by atoms with E-state index in [0.717, 1.165) is 12.8 Å². The van der Waals surface area contributed by atoms with E-state index < -0.39 is 0 Å². The van der Waals surface area contributed by atoms with Crippen molar-refractivity contribution in [3.63, 3.8) is 0 Å². The van der Waals surface area contributed by atoms with Crippen molar-refractivity contribution < 1.29 is 14.6 Å². The molecule has 28 heavy (non-hydrogen) atoms. The van der Waals surface area contributed by atoms with Gasteiger partial charge in [-0.3, -0.25) is 4.79 Å². The highest BCUT2D eigenvalue weighted by Crippen LogP contribution is 2.35. The predicted molar refractivity (Wildman–Crippen MR) is 115 cm³/mol. The summed E-state index contributed by atoms with van der Waals surface area (Å²) in [5.41, 5.74) is 0.884. The highest BCUT2D eigenvalue weighted by Gasteiger charge is 2.34. The van der Waals surface area contributed by atoms with Crippen molar-refractivity contribution in [1.82, 2.24) is 10.6 Å². The molecular formula is C23H40N2O3. The van der Waals surface area contributed by atoms with Crippen LogP contribution >= 0.6 is 0 Å². The number of hydrogen-bond donors (Lipinski definition) is 3. The van der Waals surface area contributed by atoms with Gasteiger partial charge >= 0.3 is 0 Å². The van der Waals surface area contributed by atoms with Crippen LogP contribution in [0.5, 0.6) is 5.75 Å². The zero-order chi connectivity index (χ0) is 21.4. The van der Waals surface area contributed by atoms with Crippen molar-refractivity contribution in [2.24, 2.45) is 10.8 Å². The fourth-order valence-corrected chi connectivity index (χ4v) is 3.07. The van der Waals surface area contributed by atoms with E-state index in [2.05, 4.69) is 59.1 Å². The van der Waals surface area contributed by atoms with E-state index in [1.807, 2.05) is 12.1 Å².